The molecule has 256 valence electrons. The summed E-state index contributed by atoms with van der Waals surface area (Å²) in [6.07, 6.45) is 11.5. The number of benzene rings is 2. The lowest BCUT2D eigenvalue weighted by atomic mass is 9.98. The van der Waals surface area contributed by atoms with Gasteiger partial charge in [-0.2, -0.15) is 10.2 Å². The molecule has 2 aliphatic heterocycles. The molecule has 0 radical (unpaired) electrons. The zero-order valence-corrected chi connectivity index (χ0v) is 28.9. The third-order valence-electron chi connectivity index (χ3n) is 9.79. The number of hydrogen-bond donors (Lipinski definition) is 2. The molecule has 2 fully saturated rings. The van der Waals surface area contributed by atoms with Crippen molar-refractivity contribution in [3.63, 3.8) is 0 Å². The van der Waals surface area contributed by atoms with Crippen LogP contribution in [0.15, 0.2) is 73.2 Å². The van der Waals surface area contributed by atoms with E-state index < -0.39 is 4.75 Å². The third kappa shape index (κ3) is 6.62. The molecule has 12 nitrogen and oxygen atoms in total. The number of aromatic nitrogens is 6. The quantitative estimate of drug-likeness (QED) is 0.207. The summed E-state index contributed by atoms with van der Waals surface area (Å²) in [5.74, 6) is 1.37. The van der Waals surface area contributed by atoms with Crippen molar-refractivity contribution in [1.82, 2.24) is 39.7 Å². The Kier molecular flexibility index (Phi) is 8.61. The van der Waals surface area contributed by atoms with Crippen LogP contribution in [-0.4, -0.2) is 101 Å². The van der Waals surface area contributed by atoms with E-state index >= 15 is 0 Å². The highest BCUT2D eigenvalue weighted by Gasteiger charge is 2.44. The first kappa shape index (κ1) is 32.2. The van der Waals surface area contributed by atoms with Crippen molar-refractivity contribution in [2.24, 2.45) is 7.05 Å². The number of fused-ring (bicyclic) bond motifs is 1. The highest BCUT2D eigenvalue weighted by atomic mass is 32.2. The summed E-state index contributed by atoms with van der Waals surface area (Å²) in [7, 11) is 1.86. The minimum absolute atomic E-state index is 0.0528. The van der Waals surface area contributed by atoms with Gasteiger partial charge in [-0.15, -0.1) is 11.8 Å². The number of aromatic amines is 1. The molecule has 2 amide bonds. The summed E-state index contributed by atoms with van der Waals surface area (Å²) in [6, 6.07) is 17.9. The highest BCUT2D eigenvalue weighted by molar-refractivity contribution is 8.00. The first-order chi connectivity index (χ1) is 24.4. The number of amides is 2. The van der Waals surface area contributed by atoms with Crippen molar-refractivity contribution >= 4 is 45.7 Å². The van der Waals surface area contributed by atoms with Crippen LogP contribution in [0.1, 0.15) is 31.2 Å². The monoisotopic (exact) mass is 689 g/mol. The number of thioether (sulfide) groups is 1. The van der Waals surface area contributed by atoms with Crippen LogP contribution >= 0.6 is 11.8 Å². The maximum atomic E-state index is 13.8. The van der Waals surface area contributed by atoms with E-state index in [2.05, 4.69) is 53.7 Å². The number of nitrogens with zero attached hydrogens (tertiary/aromatic N) is 7. The standard InChI is InChI=1S/C37H39N9O3S/c1-44-23-39-35(43-44)26-5-3-24(4-6-26)25-13-16-46(17-14-25)33(47)21-45-18-15-37(22-45,50-2)36(48)40-28-8-11-31-30(19-28)34(42-41-31)27-7-12-32(38-20-27)49-29-9-10-29/h3-8,11-13,19-20,23,29H,9-10,14-18,21-22H2,1-2H3,(H,40,48)(H,41,42). The minimum Gasteiger partial charge on any atom is -0.474 e. The summed E-state index contributed by atoms with van der Waals surface area (Å²) < 4.78 is 6.83. The molecule has 2 N–H and O–H groups in total. The van der Waals surface area contributed by atoms with Gasteiger partial charge in [0.05, 0.1) is 12.1 Å². The number of hydrogen-bond acceptors (Lipinski definition) is 9. The molecule has 5 heterocycles. The maximum absolute atomic E-state index is 13.8. The number of rotatable bonds is 10. The van der Waals surface area contributed by atoms with E-state index in [0.29, 0.717) is 56.5 Å². The SMILES string of the molecule is CSC1(C(=O)Nc2ccc3[nH]nc(-c4ccc(OC5CC5)nc4)c3c2)CCN(CC(=O)N2CC=C(c3ccc(-c4ncn(C)n4)cc3)CC2)C1. The largest absolute Gasteiger partial charge is 0.474 e. The number of likely N-dealkylation sites (tertiary alicyclic amines) is 1. The second kappa shape index (κ2) is 13.4. The smallest absolute Gasteiger partial charge is 0.241 e. The molecule has 0 spiro atoms. The lowest BCUT2D eigenvalue weighted by molar-refractivity contribution is -0.132. The molecule has 8 rings (SSSR count). The number of nitrogens with one attached hydrogen (secondary N) is 2. The van der Waals surface area contributed by atoms with E-state index in [1.54, 1.807) is 29.0 Å². The van der Waals surface area contributed by atoms with Crippen LogP contribution < -0.4 is 10.1 Å². The van der Waals surface area contributed by atoms with Crippen molar-refractivity contribution in [3.8, 4) is 28.5 Å². The number of pyridine rings is 1. The average Bonchev–Trinajstić information content (AvgIpc) is 3.47. The van der Waals surface area contributed by atoms with E-state index in [9.17, 15) is 9.59 Å². The van der Waals surface area contributed by atoms with Gasteiger partial charge in [-0.1, -0.05) is 30.3 Å². The Bertz CT molecular complexity index is 2070. The zero-order valence-electron chi connectivity index (χ0n) is 28.1. The fourth-order valence-corrected chi connectivity index (χ4v) is 7.54. The number of anilines is 1. The van der Waals surface area contributed by atoms with Gasteiger partial charge in [0.15, 0.2) is 5.82 Å². The summed E-state index contributed by atoms with van der Waals surface area (Å²) in [5.41, 5.74) is 6.58. The summed E-state index contributed by atoms with van der Waals surface area (Å²) in [5, 5.41) is 16.1. The van der Waals surface area contributed by atoms with Gasteiger partial charge in [0.2, 0.25) is 17.7 Å². The molecule has 1 unspecified atom stereocenters. The van der Waals surface area contributed by atoms with Gasteiger partial charge in [0.1, 0.15) is 22.9 Å². The second-order valence-electron chi connectivity index (χ2n) is 13.3. The van der Waals surface area contributed by atoms with E-state index in [-0.39, 0.29) is 17.9 Å². The van der Waals surface area contributed by atoms with Gasteiger partial charge in [-0.05, 0) is 67.3 Å². The number of carbonyl (C=O) groups excluding carboxylic acids is 2. The Hall–Kier alpha value is -5.01. The molecule has 2 aromatic carbocycles. The second-order valence-corrected chi connectivity index (χ2v) is 14.5. The van der Waals surface area contributed by atoms with Crippen LogP contribution in [-0.2, 0) is 16.6 Å². The van der Waals surface area contributed by atoms with Crippen molar-refractivity contribution < 1.29 is 14.3 Å². The van der Waals surface area contributed by atoms with Crippen molar-refractivity contribution in [1.29, 1.82) is 0 Å². The first-order valence-corrected chi connectivity index (χ1v) is 18.2. The molecule has 3 aliphatic rings. The van der Waals surface area contributed by atoms with Gasteiger partial charge < -0.3 is 15.0 Å². The molecular formula is C37H39N9O3S. The number of aryl methyl sites for hydroxylation is 1. The molecular weight excluding hydrogens is 651 g/mol. The Labute approximate surface area is 294 Å². The lowest BCUT2D eigenvalue weighted by Crippen LogP contribution is -2.45. The Morgan fingerprint density at radius 3 is 2.56 bits per heavy atom. The summed E-state index contributed by atoms with van der Waals surface area (Å²) >= 11 is 1.55. The predicted octanol–water partition coefficient (Wildman–Crippen LogP) is 5.02. The number of H-pyrrole nitrogens is 1. The predicted molar refractivity (Wildman–Crippen MR) is 195 cm³/mol. The fourth-order valence-electron chi connectivity index (χ4n) is 6.70. The van der Waals surface area contributed by atoms with E-state index in [0.717, 1.165) is 52.5 Å². The Morgan fingerprint density at radius 2 is 1.86 bits per heavy atom. The van der Waals surface area contributed by atoms with Gasteiger partial charge in [-0.3, -0.25) is 24.3 Å². The molecule has 1 saturated carbocycles. The molecule has 1 saturated heterocycles. The van der Waals surface area contributed by atoms with Crippen LogP contribution in [0.3, 0.4) is 0 Å². The van der Waals surface area contributed by atoms with Gasteiger partial charge in [0.25, 0.3) is 0 Å². The number of carbonyl (C=O) groups is 2. The summed E-state index contributed by atoms with van der Waals surface area (Å²) in [4.78, 5) is 40.0. The van der Waals surface area contributed by atoms with E-state index in [4.69, 9.17) is 4.74 Å². The zero-order chi connectivity index (χ0) is 34.2. The summed E-state index contributed by atoms with van der Waals surface area (Å²) in [6.45, 7) is 2.74. The van der Waals surface area contributed by atoms with Crippen molar-refractivity contribution in [2.45, 2.75) is 36.5 Å². The molecule has 1 aliphatic carbocycles. The molecule has 1 atom stereocenters. The first-order valence-electron chi connectivity index (χ1n) is 17.0. The molecule has 5 aromatic rings. The third-order valence-corrected chi connectivity index (χ3v) is 11.1. The van der Waals surface area contributed by atoms with Gasteiger partial charge in [0, 0.05) is 67.7 Å². The average molecular weight is 690 g/mol. The van der Waals surface area contributed by atoms with E-state index in [1.807, 2.05) is 60.7 Å². The molecule has 13 heteroatoms. The van der Waals surface area contributed by atoms with Crippen LogP contribution in [0.4, 0.5) is 5.69 Å². The topological polar surface area (TPSA) is 134 Å². The molecule has 50 heavy (non-hydrogen) atoms. The molecule has 0 bridgehead atoms. The molecule has 3 aromatic heterocycles. The maximum Gasteiger partial charge on any atom is 0.241 e. The Balaban J connectivity index is 0.874. The fraction of sp³-hybridized carbons (Fsp3) is 0.351. The highest BCUT2D eigenvalue weighted by Crippen LogP contribution is 2.36. The van der Waals surface area contributed by atoms with Gasteiger partial charge in [-0.25, -0.2) is 9.97 Å². The normalized spacial score (nSPS) is 19.5. The van der Waals surface area contributed by atoms with Crippen molar-refractivity contribution in [2.75, 3.05) is 44.3 Å². The van der Waals surface area contributed by atoms with Crippen LogP contribution in [0.5, 0.6) is 5.88 Å². The Morgan fingerprint density at radius 1 is 1.04 bits per heavy atom. The van der Waals surface area contributed by atoms with Crippen LogP contribution in [0.2, 0.25) is 0 Å². The van der Waals surface area contributed by atoms with E-state index in [1.165, 1.54) is 5.57 Å². The lowest BCUT2D eigenvalue weighted by Gasteiger charge is -2.29. The number of ether oxygens (including phenoxy) is 1. The minimum atomic E-state index is -0.651. The van der Waals surface area contributed by atoms with Gasteiger partial charge >= 0.3 is 0 Å². The van der Waals surface area contributed by atoms with Crippen molar-refractivity contribution in [3.05, 3.63) is 78.8 Å². The van der Waals surface area contributed by atoms with Crippen LogP contribution in [0, 0.1) is 0 Å². The van der Waals surface area contributed by atoms with Crippen LogP contribution in [0.25, 0.3) is 39.1 Å².